The summed E-state index contributed by atoms with van der Waals surface area (Å²) in [5.41, 5.74) is 0.177. The minimum Gasteiger partial charge on any atom is -0.382 e. The topological polar surface area (TPSA) is 60.9 Å². The molecule has 1 saturated heterocycles. The van der Waals surface area contributed by atoms with Crippen LogP contribution >= 0.6 is 0 Å². The van der Waals surface area contributed by atoms with E-state index in [1.807, 2.05) is 0 Å². The molecule has 2 atom stereocenters. The SMILES string of the molecule is C[C@@H]1C(=O)N(C[C@@H](O)C(F)(F)F)C(=O)N1c1ccc(F)cc1. The number of urea groups is 1. The lowest BCUT2D eigenvalue weighted by Crippen LogP contribution is -2.44. The van der Waals surface area contributed by atoms with Crippen molar-refractivity contribution in [1.29, 1.82) is 0 Å². The molecule has 0 radical (unpaired) electrons. The molecule has 0 aliphatic carbocycles. The number of aliphatic hydroxyl groups is 1. The maximum Gasteiger partial charge on any atom is 0.416 e. The molecule has 0 aromatic heterocycles. The van der Waals surface area contributed by atoms with Crippen molar-refractivity contribution in [3.05, 3.63) is 30.1 Å². The number of nitrogens with zero attached hydrogens (tertiary/aromatic N) is 2. The zero-order valence-corrected chi connectivity index (χ0v) is 11.3. The average Bonchev–Trinajstić information content (AvgIpc) is 2.63. The summed E-state index contributed by atoms with van der Waals surface area (Å²) < 4.78 is 50.0. The Hall–Kier alpha value is -2.16. The van der Waals surface area contributed by atoms with Gasteiger partial charge in [0.05, 0.1) is 6.54 Å². The van der Waals surface area contributed by atoms with Gasteiger partial charge in [0.15, 0.2) is 6.10 Å². The zero-order chi connectivity index (χ0) is 16.7. The van der Waals surface area contributed by atoms with E-state index in [1.165, 1.54) is 19.1 Å². The van der Waals surface area contributed by atoms with Gasteiger partial charge in [0.25, 0.3) is 5.91 Å². The molecule has 1 aliphatic rings. The predicted molar refractivity (Wildman–Crippen MR) is 67.5 cm³/mol. The predicted octanol–water partition coefficient (Wildman–Crippen LogP) is 1.91. The Morgan fingerprint density at radius 2 is 1.77 bits per heavy atom. The van der Waals surface area contributed by atoms with Gasteiger partial charge in [-0.25, -0.2) is 9.18 Å². The van der Waals surface area contributed by atoms with Crippen LogP contribution in [0.5, 0.6) is 0 Å². The summed E-state index contributed by atoms with van der Waals surface area (Å²) in [7, 11) is 0. The summed E-state index contributed by atoms with van der Waals surface area (Å²) in [5.74, 6) is -1.42. The van der Waals surface area contributed by atoms with Gasteiger partial charge in [-0.15, -0.1) is 0 Å². The van der Waals surface area contributed by atoms with Crippen molar-refractivity contribution in [2.45, 2.75) is 25.2 Å². The van der Waals surface area contributed by atoms with Crippen molar-refractivity contribution in [1.82, 2.24) is 4.90 Å². The van der Waals surface area contributed by atoms with Crippen molar-refractivity contribution in [3.8, 4) is 0 Å². The quantitative estimate of drug-likeness (QED) is 0.683. The number of β-amino-alcohol motifs (C(OH)–C–C–N with tert-alkyl or cyclic N) is 1. The van der Waals surface area contributed by atoms with Gasteiger partial charge < -0.3 is 5.11 Å². The molecule has 0 unspecified atom stereocenters. The Balaban J connectivity index is 2.24. The summed E-state index contributed by atoms with van der Waals surface area (Å²) in [6.07, 6.45) is -7.76. The fraction of sp³-hybridized carbons (Fsp3) is 0.385. The van der Waals surface area contributed by atoms with Crippen LogP contribution in [0.25, 0.3) is 0 Å². The number of hydrogen-bond donors (Lipinski definition) is 1. The van der Waals surface area contributed by atoms with Crippen molar-refractivity contribution in [2.75, 3.05) is 11.4 Å². The van der Waals surface area contributed by atoms with Crippen molar-refractivity contribution < 1.29 is 32.3 Å². The maximum atomic E-state index is 12.9. The van der Waals surface area contributed by atoms with Gasteiger partial charge >= 0.3 is 12.2 Å². The van der Waals surface area contributed by atoms with E-state index in [2.05, 4.69) is 0 Å². The molecular formula is C13H12F4N2O3. The highest BCUT2D eigenvalue weighted by molar-refractivity contribution is 6.14. The van der Waals surface area contributed by atoms with E-state index in [4.69, 9.17) is 5.11 Å². The number of benzene rings is 1. The molecule has 1 aromatic carbocycles. The normalized spacial score (nSPS) is 20.7. The molecule has 1 N–H and O–H groups in total. The number of carbonyl (C=O) groups excluding carboxylic acids is 2. The van der Waals surface area contributed by atoms with Gasteiger partial charge in [-0.2, -0.15) is 13.2 Å². The summed E-state index contributed by atoms with van der Waals surface area (Å²) in [6, 6.07) is 2.56. The van der Waals surface area contributed by atoms with E-state index in [1.54, 1.807) is 0 Å². The Morgan fingerprint density at radius 1 is 1.23 bits per heavy atom. The molecule has 3 amide bonds. The van der Waals surface area contributed by atoms with E-state index in [0.29, 0.717) is 4.90 Å². The van der Waals surface area contributed by atoms with Crippen molar-refractivity contribution >= 4 is 17.6 Å². The van der Waals surface area contributed by atoms with Crippen molar-refractivity contribution in [3.63, 3.8) is 0 Å². The maximum absolute atomic E-state index is 12.9. The van der Waals surface area contributed by atoms with Crippen LogP contribution in [0, 0.1) is 5.82 Å². The summed E-state index contributed by atoms with van der Waals surface area (Å²) >= 11 is 0. The Kier molecular flexibility index (Phi) is 4.10. The molecule has 0 bridgehead atoms. The molecule has 9 heteroatoms. The number of hydrogen-bond acceptors (Lipinski definition) is 3. The first-order valence-electron chi connectivity index (χ1n) is 6.28. The first-order chi connectivity index (χ1) is 10.1. The third-order valence-electron chi connectivity index (χ3n) is 3.29. The van der Waals surface area contributed by atoms with Gasteiger partial charge in [0.2, 0.25) is 0 Å². The largest absolute Gasteiger partial charge is 0.416 e. The number of halogens is 4. The summed E-state index contributed by atoms with van der Waals surface area (Å²) in [4.78, 5) is 25.4. The van der Waals surface area contributed by atoms with E-state index in [-0.39, 0.29) is 5.69 Å². The molecule has 22 heavy (non-hydrogen) atoms. The molecule has 1 fully saturated rings. The molecule has 1 aliphatic heterocycles. The van der Waals surface area contributed by atoms with E-state index in [0.717, 1.165) is 17.0 Å². The third-order valence-corrected chi connectivity index (χ3v) is 3.29. The number of imide groups is 1. The molecule has 5 nitrogen and oxygen atoms in total. The minimum absolute atomic E-state index is 0.177. The monoisotopic (exact) mass is 320 g/mol. The standard InChI is InChI=1S/C13H12F4N2O3/c1-7-11(21)18(6-10(20)13(15,16)17)12(22)19(7)9-4-2-8(14)3-5-9/h2-5,7,10,20H,6H2,1H3/t7-,10-/m1/s1. The molecule has 0 saturated carbocycles. The highest BCUT2D eigenvalue weighted by Crippen LogP contribution is 2.28. The van der Waals surface area contributed by atoms with Crippen LogP contribution in [0.15, 0.2) is 24.3 Å². The fourth-order valence-corrected chi connectivity index (χ4v) is 2.11. The summed E-state index contributed by atoms with van der Waals surface area (Å²) in [6.45, 7) is 0.159. The van der Waals surface area contributed by atoms with Gasteiger partial charge in [-0.1, -0.05) is 0 Å². The van der Waals surface area contributed by atoms with Gasteiger partial charge in [0, 0.05) is 5.69 Å². The lowest BCUT2D eigenvalue weighted by atomic mass is 10.2. The van der Waals surface area contributed by atoms with E-state index in [9.17, 15) is 27.2 Å². The lowest BCUT2D eigenvalue weighted by molar-refractivity contribution is -0.206. The Bertz CT molecular complexity index is 588. The van der Waals surface area contributed by atoms with Crippen LogP contribution in [0.4, 0.5) is 28.0 Å². The smallest absolute Gasteiger partial charge is 0.382 e. The Labute approximate surface area is 122 Å². The average molecular weight is 320 g/mol. The fourth-order valence-electron chi connectivity index (χ4n) is 2.11. The van der Waals surface area contributed by atoms with Gasteiger partial charge in [0.1, 0.15) is 11.9 Å². The highest BCUT2D eigenvalue weighted by Gasteiger charge is 2.48. The second-order valence-electron chi connectivity index (χ2n) is 4.81. The zero-order valence-electron chi connectivity index (χ0n) is 11.3. The van der Waals surface area contributed by atoms with Gasteiger partial charge in [-0.3, -0.25) is 14.6 Å². The summed E-state index contributed by atoms with van der Waals surface area (Å²) in [5, 5.41) is 9.02. The second kappa shape index (κ2) is 5.56. The molecular weight excluding hydrogens is 308 g/mol. The van der Waals surface area contributed by atoms with Crippen LogP contribution in [0.3, 0.4) is 0 Å². The van der Waals surface area contributed by atoms with Crippen molar-refractivity contribution in [2.24, 2.45) is 0 Å². The number of amides is 3. The highest BCUT2D eigenvalue weighted by atomic mass is 19.4. The molecule has 120 valence electrons. The molecule has 1 aromatic rings. The molecule has 0 spiro atoms. The number of alkyl halides is 3. The van der Waals surface area contributed by atoms with Crippen LogP contribution in [0.2, 0.25) is 0 Å². The van der Waals surface area contributed by atoms with Gasteiger partial charge in [-0.05, 0) is 31.2 Å². The molecule has 1 heterocycles. The lowest BCUT2D eigenvalue weighted by Gasteiger charge is -2.21. The minimum atomic E-state index is -4.94. The van der Waals surface area contributed by atoms with Crippen LogP contribution in [0.1, 0.15) is 6.92 Å². The second-order valence-corrected chi connectivity index (χ2v) is 4.81. The van der Waals surface area contributed by atoms with E-state index < -0.39 is 42.6 Å². The number of carbonyl (C=O) groups is 2. The van der Waals surface area contributed by atoms with E-state index >= 15 is 0 Å². The van der Waals surface area contributed by atoms with Crippen LogP contribution < -0.4 is 4.90 Å². The van der Waals surface area contributed by atoms with Crippen LogP contribution in [-0.2, 0) is 4.79 Å². The Morgan fingerprint density at radius 3 is 2.27 bits per heavy atom. The first kappa shape index (κ1) is 16.2. The number of rotatable bonds is 3. The first-order valence-corrected chi connectivity index (χ1v) is 6.28. The molecule has 2 rings (SSSR count). The van der Waals surface area contributed by atoms with Crippen LogP contribution in [-0.4, -0.2) is 46.8 Å². The number of anilines is 1. The number of aliphatic hydroxyl groups excluding tert-OH is 1. The third kappa shape index (κ3) is 2.89.